The number of hydrogen-bond acceptors (Lipinski definition) is 7. The number of nitro benzene ring substituents is 1. The van der Waals surface area contributed by atoms with Crippen LogP contribution in [0.3, 0.4) is 0 Å². The van der Waals surface area contributed by atoms with Crippen molar-refractivity contribution in [3.05, 3.63) is 106 Å². The molecule has 9 nitrogen and oxygen atoms in total. The molecule has 0 saturated heterocycles. The van der Waals surface area contributed by atoms with Crippen LogP contribution in [0.1, 0.15) is 33.5 Å². The lowest BCUT2D eigenvalue weighted by atomic mass is 10.0. The maximum absolute atomic E-state index is 12.6. The van der Waals surface area contributed by atoms with Crippen molar-refractivity contribution in [3.8, 4) is 5.75 Å². The van der Waals surface area contributed by atoms with Gasteiger partial charge in [0.2, 0.25) is 0 Å². The van der Waals surface area contributed by atoms with Crippen molar-refractivity contribution in [3.63, 3.8) is 0 Å². The Bertz CT molecular complexity index is 1110. The Hall–Kier alpha value is -3.95. The quantitative estimate of drug-likeness (QED) is 0.231. The van der Waals surface area contributed by atoms with Crippen molar-refractivity contribution in [2.75, 3.05) is 6.61 Å². The van der Waals surface area contributed by atoms with Crippen LogP contribution in [-0.2, 0) is 13.0 Å². The molecule has 9 heteroatoms. The average molecular weight is 452 g/mol. The zero-order valence-electron chi connectivity index (χ0n) is 17.7. The fraction of sp³-hybridized carbons (Fsp3) is 0.208. The normalized spacial score (nSPS) is 12.5. The van der Waals surface area contributed by atoms with Gasteiger partial charge in [-0.15, -0.1) is 6.58 Å². The van der Waals surface area contributed by atoms with E-state index in [1.807, 2.05) is 24.3 Å². The lowest BCUT2D eigenvalue weighted by Crippen LogP contribution is -2.41. The zero-order valence-corrected chi connectivity index (χ0v) is 17.7. The second-order valence-electron chi connectivity index (χ2n) is 7.21. The maximum Gasteiger partial charge on any atom is 0.287 e. The number of allylic oxidation sites excluding steroid dienone is 1. The molecule has 3 N–H and O–H groups in total. The molecule has 0 aliphatic heterocycles. The predicted octanol–water partition coefficient (Wildman–Crippen LogP) is 3.32. The van der Waals surface area contributed by atoms with Crippen LogP contribution in [-0.4, -0.2) is 33.7 Å². The molecule has 1 aromatic heterocycles. The summed E-state index contributed by atoms with van der Waals surface area (Å²) < 4.78 is 11.3. The van der Waals surface area contributed by atoms with E-state index in [2.05, 4.69) is 11.9 Å². The third kappa shape index (κ3) is 6.06. The highest BCUT2D eigenvalue weighted by molar-refractivity contribution is 5.91. The fourth-order valence-corrected chi connectivity index (χ4v) is 3.18. The molecule has 0 aliphatic rings. The summed E-state index contributed by atoms with van der Waals surface area (Å²) >= 11 is 0. The summed E-state index contributed by atoms with van der Waals surface area (Å²) in [5, 5.41) is 33.4. The Labute approximate surface area is 190 Å². The number of carbonyl (C=O) groups is 1. The number of non-ortho nitro benzene ring substituents is 1. The largest absolute Gasteiger partial charge is 0.485 e. The molecule has 0 fully saturated rings. The number of aliphatic hydroxyl groups is 2. The summed E-state index contributed by atoms with van der Waals surface area (Å²) in [5.74, 6) is 0.465. The van der Waals surface area contributed by atoms with Crippen molar-refractivity contribution in [1.29, 1.82) is 0 Å². The molecule has 0 saturated carbocycles. The molecule has 1 amide bonds. The van der Waals surface area contributed by atoms with Crippen molar-refractivity contribution in [2.45, 2.75) is 25.2 Å². The molecule has 2 atom stereocenters. The van der Waals surface area contributed by atoms with E-state index in [0.29, 0.717) is 23.5 Å². The Balaban J connectivity index is 1.61. The molecule has 3 aromatic rings. The van der Waals surface area contributed by atoms with Crippen LogP contribution in [0.25, 0.3) is 0 Å². The molecular weight excluding hydrogens is 428 g/mol. The van der Waals surface area contributed by atoms with Crippen LogP contribution in [0.15, 0.2) is 77.7 Å². The molecule has 2 aromatic carbocycles. The lowest BCUT2D eigenvalue weighted by Gasteiger charge is -2.22. The van der Waals surface area contributed by atoms with Crippen LogP contribution < -0.4 is 10.1 Å². The van der Waals surface area contributed by atoms with E-state index >= 15 is 0 Å². The summed E-state index contributed by atoms with van der Waals surface area (Å²) in [6, 6.07) is 14.8. The number of amides is 1. The van der Waals surface area contributed by atoms with Gasteiger partial charge >= 0.3 is 0 Å². The van der Waals surface area contributed by atoms with E-state index in [1.165, 1.54) is 30.3 Å². The highest BCUT2D eigenvalue weighted by Gasteiger charge is 2.24. The van der Waals surface area contributed by atoms with E-state index in [4.69, 9.17) is 9.15 Å². The Morgan fingerprint density at radius 2 is 1.91 bits per heavy atom. The molecule has 0 radical (unpaired) electrons. The highest BCUT2D eigenvalue weighted by Crippen LogP contribution is 2.22. The number of hydrogen-bond donors (Lipinski definition) is 3. The van der Waals surface area contributed by atoms with Crippen LogP contribution in [0, 0.1) is 10.1 Å². The van der Waals surface area contributed by atoms with Crippen molar-refractivity contribution >= 4 is 11.6 Å². The number of aliphatic hydroxyl groups excluding tert-OH is 2. The molecule has 0 bridgehead atoms. The summed E-state index contributed by atoms with van der Waals surface area (Å²) in [6.45, 7) is 3.28. The standard InChI is InChI=1S/C24H24N2O7/c1-2-5-16-6-3-4-7-21(16)32-15-19-12-13-22(33-19)24(29)25-20(14-27)23(28)17-8-10-18(11-9-17)26(30)31/h2-4,6-13,20,23,27-28H,1,5,14-15H2,(H,25,29). The van der Waals surface area contributed by atoms with Crippen LogP contribution in [0.4, 0.5) is 5.69 Å². The number of nitrogens with zero attached hydrogens (tertiary/aromatic N) is 1. The monoisotopic (exact) mass is 452 g/mol. The first-order valence-electron chi connectivity index (χ1n) is 10.2. The topological polar surface area (TPSA) is 135 Å². The fourth-order valence-electron chi connectivity index (χ4n) is 3.18. The van der Waals surface area contributed by atoms with Gasteiger partial charge in [0.1, 0.15) is 24.2 Å². The second-order valence-corrected chi connectivity index (χ2v) is 7.21. The van der Waals surface area contributed by atoms with Gasteiger partial charge in [-0.2, -0.15) is 0 Å². The zero-order chi connectivity index (χ0) is 23.8. The van der Waals surface area contributed by atoms with Gasteiger partial charge in [0, 0.05) is 12.1 Å². The molecular formula is C24H24N2O7. The average Bonchev–Trinajstić information content (AvgIpc) is 3.31. The maximum atomic E-state index is 12.6. The predicted molar refractivity (Wildman–Crippen MR) is 120 cm³/mol. The molecule has 1 heterocycles. The number of rotatable bonds is 11. The minimum absolute atomic E-state index is 0.0117. The van der Waals surface area contributed by atoms with E-state index in [9.17, 15) is 25.1 Å². The number of para-hydroxylation sites is 1. The van der Waals surface area contributed by atoms with Crippen molar-refractivity contribution < 1.29 is 29.1 Å². The van der Waals surface area contributed by atoms with Gasteiger partial charge in [0.05, 0.1) is 17.6 Å². The Morgan fingerprint density at radius 1 is 1.18 bits per heavy atom. The van der Waals surface area contributed by atoms with Gasteiger partial charge in [-0.25, -0.2) is 0 Å². The number of benzene rings is 2. The Morgan fingerprint density at radius 3 is 2.58 bits per heavy atom. The number of carbonyl (C=O) groups excluding carboxylic acids is 1. The third-order valence-corrected chi connectivity index (χ3v) is 4.93. The van der Waals surface area contributed by atoms with Crippen LogP contribution in [0.2, 0.25) is 0 Å². The van der Waals surface area contributed by atoms with Gasteiger partial charge in [0.25, 0.3) is 11.6 Å². The second kappa shape index (κ2) is 11.1. The molecule has 0 aliphatic carbocycles. The van der Waals surface area contributed by atoms with Gasteiger partial charge in [-0.3, -0.25) is 14.9 Å². The smallest absolute Gasteiger partial charge is 0.287 e. The van der Waals surface area contributed by atoms with E-state index in [1.54, 1.807) is 12.1 Å². The molecule has 0 spiro atoms. The first-order valence-corrected chi connectivity index (χ1v) is 10.2. The van der Waals surface area contributed by atoms with Crippen molar-refractivity contribution in [2.24, 2.45) is 0 Å². The lowest BCUT2D eigenvalue weighted by molar-refractivity contribution is -0.384. The van der Waals surface area contributed by atoms with Crippen molar-refractivity contribution in [1.82, 2.24) is 5.32 Å². The van der Waals surface area contributed by atoms with Gasteiger partial charge in [-0.05, 0) is 47.9 Å². The number of ether oxygens (including phenoxy) is 1. The molecule has 33 heavy (non-hydrogen) atoms. The van der Waals surface area contributed by atoms with Gasteiger partial charge in [-0.1, -0.05) is 24.3 Å². The summed E-state index contributed by atoms with van der Waals surface area (Å²) in [5.41, 5.74) is 1.16. The van der Waals surface area contributed by atoms with Gasteiger partial charge < -0.3 is 24.7 Å². The van der Waals surface area contributed by atoms with Crippen LogP contribution >= 0.6 is 0 Å². The molecule has 2 unspecified atom stereocenters. The number of nitrogens with one attached hydrogen (secondary N) is 1. The van der Waals surface area contributed by atoms with Gasteiger partial charge in [0.15, 0.2) is 5.76 Å². The molecule has 3 rings (SSSR count). The van der Waals surface area contributed by atoms with E-state index in [0.717, 1.165) is 5.56 Å². The third-order valence-electron chi connectivity index (χ3n) is 4.93. The summed E-state index contributed by atoms with van der Waals surface area (Å²) in [7, 11) is 0. The summed E-state index contributed by atoms with van der Waals surface area (Å²) in [4.78, 5) is 22.8. The van der Waals surface area contributed by atoms with E-state index in [-0.39, 0.29) is 18.1 Å². The number of nitro groups is 1. The Kier molecular flexibility index (Phi) is 7.96. The highest BCUT2D eigenvalue weighted by atomic mass is 16.6. The summed E-state index contributed by atoms with van der Waals surface area (Å²) in [6.07, 6.45) is 1.15. The first-order chi connectivity index (χ1) is 15.9. The SMILES string of the molecule is C=CCc1ccccc1OCc1ccc(C(=O)NC(CO)C(O)c2ccc([N+](=O)[O-])cc2)o1. The number of furan rings is 1. The molecule has 172 valence electrons. The minimum Gasteiger partial charge on any atom is -0.485 e. The first kappa shape index (κ1) is 23.7. The minimum atomic E-state index is -1.28. The van der Waals surface area contributed by atoms with Crippen LogP contribution in [0.5, 0.6) is 5.75 Å². The van der Waals surface area contributed by atoms with E-state index < -0.39 is 29.6 Å².